The Morgan fingerprint density at radius 2 is 2.36 bits per heavy atom. The highest BCUT2D eigenvalue weighted by atomic mass is 79.9. The van der Waals surface area contributed by atoms with Crippen LogP contribution in [-0.4, -0.2) is 24.2 Å². The predicted octanol–water partition coefficient (Wildman–Crippen LogP) is 2.68. The Balaban J connectivity index is 2.34. The maximum Gasteiger partial charge on any atom is 0.126 e. The van der Waals surface area contributed by atoms with E-state index in [4.69, 9.17) is 4.74 Å². The topological polar surface area (TPSA) is 34.1 Å². The molecular weight excluding hydrogens is 244 g/mol. The second-order valence-corrected chi connectivity index (χ2v) is 3.92. The molecule has 1 unspecified atom stereocenters. The van der Waals surface area contributed by atoms with Crippen molar-refractivity contribution in [2.45, 2.75) is 20.0 Å². The van der Waals surface area contributed by atoms with Gasteiger partial charge in [0.15, 0.2) is 0 Å². The molecular formula is C10H15BrN2O. The third-order valence-corrected chi connectivity index (χ3v) is 2.22. The van der Waals surface area contributed by atoms with Gasteiger partial charge in [-0.05, 0) is 41.9 Å². The zero-order valence-electron chi connectivity index (χ0n) is 8.46. The van der Waals surface area contributed by atoms with E-state index in [9.17, 15) is 0 Å². The second-order valence-electron chi connectivity index (χ2n) is 3.01. The number of hydrogen-bond acceptors (Lipinski definition) is 3. The molecule has 1 N–H and O–H groups in total. The first-order valence-electron chi connectivity index (χ1n) is 4.69. The van der Waals surface area contributed by atoms with E-state index >= 15 is 0 Å². The van der Waals surface area contributed by atoms with E-state index < -0.39 is 0 Å². The van der Waals surface area contributed by atoms with Gasteiger partial charge < -0.3 is 10.1 Å². The van der Waals surface area contributed by atoms with Crippen molar-refractivity contribution in [1.29, 1.82) is 0 Å². The first-order valence-corrected chi connectivity index (χ1v) is 5.48. The number of halogens is 1. The summed E-state index contributed by atoms with van der Waals surface area (Å²) < 4.78 is 6.37. The van der Waals surface area contributed by atoms with Gasteiger partial charge in [0.2, 0.25) is 0 Å². The van der Waals surface area contributed by atoms with E-state index in [1.165, 1.54) is 0 Å². The molecule has 0 radical (unpaired) electrons. The van der Waals surface area contributed by atoms with Crippen molar-refractivity contribution < 1.29 is 4.74 Å². The summed E-state index contributed by atoms with van der Waals surface area (Å²) in [6, 6.07) is 3.89. The summed E-state index contributed by atoms with van der Waals surface area (Å²) >= 11 is 3.34. The molecule has 1 aromatic heterocycles. The molecule has 1 heterocycles. The molecule has 1 atom stereocenters. The fraction of sp³-hybridized carbons (Fsp3) is 0.500. The normalized spacial score (nSPS) is 12.5. The van der Waals surface area contributed by atoms with E-state index in [1.54, 1.807) is 6.20 Å². The van der Waals surface area contributed by atoms with Crippen LogP contribution in [0.15, 0.2) is 22.8 Å². The molecule has 4 heteroatoms. The summed E-state index contributed by atoms with van der Waals surface area (Å²) in [4.78, 5) is 4.20. The predicted molar refractivity (Wildman–Crippen MR) is 61.5 cm³/mol. The SMILES string of the molecule is CCOC(C)CNc1ccc(Br)cn1. The maximum atomic E-state index is 5.39. The third kappa shape index (κ3) is 4.07. The lowest BCUT2D eigenvalue weighted by molar-refractivity contribution is 0.0855. The average Bonchev–Trinajstić information content (AvgIpc) is 2.17. The van der Waals surface area contributed by atoms with Crippen molar-refractivity contribution in [2.75, 3.05) is 18.5 Å². The molecule has 0 saturated heterocycles. The summed E-state index contributed by atoms with van der Waals surface area (Å²) in [7, 11) is 0. The molecule has 0 aliphatic rings. The lowest BCUT2D eigenvalue weighted by Gasteiger charge is -2.12. The van der Waals surface area contributed by atoms with Crippen LogP contribution in [0.2, 0.25) is 0 Å². The van der Waals surface area contributed by atoms with Gasteiger partial charge in [0, 0.05) is 23.8 Å². The number of nitrogens with one attached hydrogen (secondary N) is 1. The summed E-state index contributed by atoms with van der Waals surface area (Å²) in [5.41, 5.74) is 0. The monoisotopic (exact) mass is 258 g/mol. The summed E-state index contributed by atoms with van der Waals surface area (Å²) in [6.45, 7) is 5.56. The minimum Gasteiger partial charge on any atom is -0.377 e. The molecule has 0 aromatic carbocycles. The Labute approximate surface area is 93.0 Å². The summed E-state index contributed by atoms with van der Waals surface area (Å²) in [5.74, 6) is 0.875. The van der Waals surface area contributed by atoms with Gasteiger partial charge in [-0.1, -0.05) is 0 Å². The molecule has 0 fully saturated rings. The van der Waals surface area contributed by atoms with Gasteiger partial charge in [-0.2, -0.15) is 0 Å². The van der Waals surface area contributed by atoms with E-state index in [2.05, 4.69) is 26.2 Å². The molecule has 78 valence electrons. The van der Waals surface area contributed by atoms with Crippen LogP contribution in [0, 0.1) is 0 Å². The van der Waals surface area contributed by atoms with Crippen LogP contribution in [0.4, 0.5) is 5.82 Å². The van der Waals surface area contributed by atoms with Crippen LogP contribution in [-0.2, 0) is 4.74 Å². The van der Waals surface area contributed by atoms with Crippen molar-refractivity contribution in [2.24, 2.45) is 0 Å². The highest BCUT2D eigenvalue weighted by Gasteiger charge is 2.00. The molecule has 0 saturated carbocycles. The second kappa shape index (κ2) is 5.98. The standard InChI is InChI=1S/C10H15BrN2O/c1-3-14-8(2)6-12-10-5-4-9(11)7-13-10/h4-5,7-8H,3,6H2,1-2H3,(H,12,13). The summed E-state index contributed by atoms with van der Waals surface area (Å²) in [6.07, 6.45) is 1.98. The lowest BCUT2D eigenvalue weighted by Crippen LogP contribution is -2.20. The lowest BCUT2D eigenvalue weighted by atomic mass is 10.4. The number of pyridine rings is 1. The van der Waals surface area contributed by atoms with Crippen molar-refractivity contribution in [3.8, 4) is 0 Å². The van der Waals surface area contributed by atoms with Crippen LogP contribution >= 0.6 is 15.9 Å². The van der Waals surface area contributed by atoms with Crippen molar-refractivity contribution in [3.05, 3.63) is 22.8 Å². The molecule has 3 nitrogen and oxygen atoms in total. The molecule has 0 spiro atoms. The molecule has 0 amide bonds. The van der Waals surface area contributed by atoms with Gasteiger partial charge in [0.25, 0.3) is 0 Å². The molecule has 14 heavy (non-hydrogen) atoms. The minimum absolute atomic E-state index is 0.213. The number of ether oxygens (including phenoxy) is 1. The molecule has 1 rings (SSSR count). The largest absolute Gasteiger partial charge is 0.377 e. The fourth-order valence-electron chi connectivity index (χ4n) is 1.07. The van der Waals surface area contributed by atoms with Gasteiger partial charge in [0.1, 0.15) is 5.82 Å². The Hall–Kier alpha value is -0.610. The molecule has 0 bridgehead atoms. The van der Waals surface area contributed by atoms with Crippen LogP contribution in [0.3, 0.4) is 0 Å². The van der Waals surface area contributed by atoms with Gasteiger partial charge >= 0.3 is 0 Å². The van der Waals surface area contributed by atoms with Crippen LogP contribution in [0.1, 0.15) is 13.8 Å². The Bertz CT molecular complexity index is 263. The van der Waals surface area contributed by atoms with Crippen LogP contribution < -0.4 is 5.32 Å². The Morgan fingerprint density at radius 3 is 2.93 bits per heavy atom. The fourth-order valence-corrected chi connectivity index (χ4v) is 1.31. The van der Waals surface area contributed by atoms with Crippen molar-refractivity contribution >= 4 is 21.7 Å². The zero-order valence-corrected chi connectivity index (χ0v) is 10.0. The van der Waals surface area contributed by atoms with Gasteiger partial charge in [-0.25, -0.2) is 4.98 Å². The molecule has 0 aliphatic heterocycles. The van der Waals surface area contributed by atoms with Gasteiger partial charge in [-0.3, -0.25) is 0 Å². The third-order valence-electron chi connectivity index (χ3n) is 1.75. The number of nitrogens with zero attached hydrogens (tertiary/aromatic N) is 1. The van der Waals surface area contributed by atoms with E-state index in [-0.39, 0.29) is 6.10 Å². The number of rotatable bonds is 5. The van der Waals surface area contributed by atoms with Crippen molar-refractivity contribution in [3.63, 3.8) is 0 Å². The van der Waals surface area contributed by atoms with Gasteiger partial charge in [-0.15, -0.1) is 0 Å². The number of aromatic nitrogens is 1. The highest BCUT2D eigenvalue weighted by Crippen LogP contribution is 2.10. The first-order chi connectivity index (χ1) is 6.72. The Morgan fingerprint density at radius 1 is 1.57 bits per heavy atom. The van der Waals surface area contributed by atoms with E-state index in [0.717, 1.165) is 23.4 Å². The highest BCUT2D eigenvalue weighted by molar-refractivity contribution is 9.10. The smallest absolute Gasteiger partial charge is 0.126 e. The van der Waals surface area contributed by atoms with Crippen molar-refractivity contribution in [1.82, 2.24) is 4.98 Å². The minimum atomic E-state index is 0.213. The number of hydrogen-bond donors (Lipinski definition) is 1. The van der Waals surface area contributed by atoms with Crippen LogP contribution in [0.5, 0.6) is 0 Å². The maximum absolute atomic E-state index is 5.39. The number of anilines is 1. The van der Waals surface area contributed by atoms with E-state index in [0.29, 0.717) is 0 Å². The van der Waals surface area contributed by atoms with Crippen LogP contribution in [0.25, 0.3) is 0 Å². The first kappa shape index (κ1) is 11.5. The average molecular weight is 259 g/mol. The molecule has 0 aliphatic carbocycles. The molecule has 1 aromatic rings. The Kier molecular flexibility index (Phi) is 4.90. The zero-order chi connectivity index (χ0) is 10.4. The van der Waals surface area contributed by atoms with Gasteiger partial charge in [0.05, 0.1) is 6.10 Å². The quantitative estimate of drug-likeness (QED) is 0.882. The van der Waals surface area contributed by atoms with E-state index in [1.807, 2.05) is 26.0 Å². The summed E-state index contributed by atoms with van der Waals surface area (Å²) in [5, 5.41) is 3.20.